The molecular formula is C18H18F4O3. The number of hydrogen-bond donors (Lipinski definition) is 1. The van der Waals surface area contributed by atoms with Crippen molar-refractivity contribution in [1.82, 2.24) is 0 Å². The zero-order chi connectivity index (χ0) is 18.2. The normalized spacial score (nSPS) is 29.7. The zero-order valence-electron chi connectivity index (χ0n) is 13.5. The van der Waals surface area contributed by atoms with E-state index < -0.39 is 18.6 Å². The molecule has 1 heterocycles. The van der Waals surface area contributed by atoms with Gasteiger partial charge in [0, 0.05) is 12.3 Å². The lowest BCUT2D eigenvalue weighted by molar-refractivity contribution is -0.303. The highest BCUT2D eigenvalue weighted by atomic mass is 19.4. The molecule has 3 unspecified atom stereocenters. The number of aliphatic hydroxyl groups excluding tert-OH is 1. The lowest BCUT2D eigenvalue weighted by Gasteiger charge is -2.36. The highest BCUT2D eigenvalue weighted by Gasteiger charge is 2.37. The smallest absolute Gasteiger partial charge is 0.406 e. The van der Waals surface area contributed by atoms with Gasteiger partial charge in [0.25, 0.3) is 0 Å². The summed E-state index contributed by atoms with van der Waals surface area (Å²) in [7, 11) is 0. The Morgan fingerprint density at radius 1 is 1.36 bits per heavy atom. The lowest BCUT2D eigenvalue weighted by atomic mass is 9.79. The largest absolute Gasteiger partial charge is 0.573 e. The van der Waals surface area contributed by atoms with Crippen molar-refractivity contribution < 1.29 is 32.1 Å². The van der Waals surface area contributed by atoms with Gasteiger partial charge < -0.3 is 14.6 Å². The monoisotopic (exact) mass is 358 g/mol. The molecule has 136 valence electrons. The van der Waals surface area contributed by atoms with Crippen LogP contribution >= 0.6 is 0 Å². The molecule has 2 aliphatic carbocycles. The predicted molar refractivity (Wildman–Crippen MR) is 83.1 cm³/mol. The van der Waals surface area contributed by atoms with Gasteiger partial charge in [-0.15, -0.1) is 13.2 Å². The highest BCUT2D eigenvalue weighted by molar-refractivity contribution is 5.60. The summed E-state index contributed by atoms with van der Waals surface area (Å²) in [5.41, 5.74) is 2.36. The second kappa shape index (κ2) is 6.80. The number of allylic oxidation sites excluding steroid dienone is 5. The molecule has 0 radical (unpaired) electrons. The zero-order valence-corrected chi connectivity index (χ0v) is 13.5. The minimum absolute atomic E-state index is 0.172. The maximum atomic E-state index is 13.4. The Kier molecular flexibility index (Phi) is 4.88. The summed E-state index contributed by atoms with van der Waals surface area (Å²) >= 11 is 0. The SMILES string of the molecule is CC1C=C(OC(F)(F)F)C=C2C(C3=CCC(F)C=C3)=C(CO)COC21. The average molecular weight is 358 g/mol. The predicted octanol–water partition coefficient (Wildman–Crippen LogP) is 3.89. The molecule has 0 saturated carbocycles. The molecule has 3 atom stereocenters. The van der Waals surface area contributed by atoms with E-state index in [0.717, 1.165) is 0 Å². The molecule has 3 nitrogen and oxygen atoms in total. The molecule has 3 aliphatic rings. The highest BCUT2D eigenvalue weighted by Crippen LogP contribution is 2.41. The van der Waals surface area contributed by atoms with Gasteiger partial charge in [-0.05, 0) is 40.5 Å². The van der Waals surface area contributed by atoms with Crippen LogP contribution in [0.2, 0.25) is 0 Å². The molecule has 3 rings (SSSR count). The van der Waals surface area contributed by atoms with Crippen molar-refractivity contribution in [1.29, 1.82) is 0 Å². The lowest BCUT2D eigenvalue weighted by Crippen LogP contribution is -2.34. The van der Waals surface area contributed by atoms with Gasteiger partial charge in [-0.25, -0.2) is 4.39 Å². The number of fused-ring (bicyclic) bond motifs is 1. The Balaban J connectivity index is 2.03. The number of aliphatic hydroxyl groups is 1. The van der Waals surface area contributed by atoms with Crippen LogP contribution in [0.5, 0.6) is 0 Å². The third-order valence-corrected chi connectivity index (χ3v) is 4.35. The number of rotatable bonds is 3. The van der Waals surface area contributed by atoms with Crippen molar-refractivity contribution in [3.8, 4) is 0 Å². The van der Waals surface area contributed by atoms with Gasteiger partial charge in [0.2, 0.25) is 0 Å². The minimum Gasteiger partial charge on any atom is -0.406 e. The topological polar surface area (TPSA) is 38.7 Å². The van der Waals surface area contributed by atoms with Crippen LogP contribution in [0.25, 0.3) is 0 Å². The summed E-state index contributed by atoms with van der Waals surface area (Å²) < 4.78 is 60.9. The Morgan fingerprint density at radius 3 is 2.72 bits per heavy atom. The van der Waals surface area contributed by atoms with Gasteiger partial charge in [0.1, 0.15) is 11.9 Å². The maximum absolute atomic E-state index is 13.4. The number of hydrogen-bond acceptors (Lipinski definition) is 3. The fourth-order valence-electron chi connectivity index (χ4n) is 3.31. The molecule has 7 heteroatoms. The summed E-state index contributed by atoms with van der Waals surface area (Å²) in [4.78, 5) is 0. The maximum Gasteiger partial charge on any atom is 0.573 e. The molecule has 0 aromatic heterocycles. The summed E-state index contributed by atoms with van der Waals surface area (Å²) in [6.45, 7) is 1.62. The molecule has 25 heavy (non-hydrogen) atoms. The second-order valence-corrected chi connectivity index (χ2v) is 6.21. The molecule has 0 bridgehead atoms. The second-order valence-electron chi connectivity index (χ2n) is 6.21. The van der Waals surface area contributed by atoms with Gasteiger partial charge in [-0.3, -0.25) is 0 Å². The Morgan fingerprint density at radius 2 is 2.12 bits per heavy atom. The van der Waals surface area contributed by atoms with E-state index in [0.29, 0.717) is 22.3 Å². The molecule has 0 amide bonds. The molecule has 0 saturated heterocycles. The first-order valence-electron chi connectivity index (χ1n) is 7.95. The van der Waals surface area contributed by atoms with E-state index in [-0.39, 0.29) is 31.3 Å². The molecule has 0 spiro atoms. The Bertz CT molecular complexity index is 698. The van der Waals surface area contributed by atoms with E-state index in [1.54, 1.807) is 19.1 Å². The third-order valence-electron chi connectivity index (χ3n) is 4.35. The van der Waals surface area contributed by atoms with E-state index in [1.807, 2.05) is 0 Å². The standard InChI is InChI=1S/C18H18F4O3/c1-10-6-14(25-18(20,21)22)7-15-16(11-2-4-13(19)5-3-11)12(8-23)9-24-17(10)15/h2-4,6-7,10,13,17,23H,5,8-9H2,1H3. The van der Waals surface area contributed by atoms with Crippen molar-refractivity contribution >= 4 is 0 Å². The van der Waals surface area contributed by atoms with Crippen LogP contribution in [0.4, 0.5) is 17.6 Å². The summed E-state index contributed by atoms with van der Waals surface area (Å²) in [6, 6.07) is 0. The number of ether oxygens (including phenoxy) is 2. The fourth-order valence-corrected chi connectivity index (χ4v) is 3.31. The number of halogens is 4. The van der Waals surface area contributed by atoms with Crippen LogP contribution in [-0.4, -0.2) is 37.0 Å². The fraction of sp³-hybridized carbons (Fsp3) is 0.444. The number of alkyl halides is 4. The van der Waals surface area contributed by atoms with Gasteiger partial charge >= 0.3 is 6.36 Å². The van der Waals surface area contributed by atoms with Gasteiger partial charge in [0.05, 0.1) is 19.3 Å². The van der Waals surface area contributed by atoms with Crippen molar-refractivity contribution in [2.45, 2.75) is 32.0 Å². The van der Waals surface area contributed by atoms with Crippen molar-refractivity contribution in [3.05, 3.63) is 58.4 Å². The van der Waals surface area contributed by atoms with E-state index in [2.05, 4.69) is 4.74 Å². The van der Waals surface area contributed by atoms with E-state index in [4.69, 9.17) is 4.74 Å². The first-order chi connectivity index (χ1) is 11.8. The van der Waals surface area contributed by atoms with Crippen LogP contribution in [-0.2, 0) is 9.47 Å². The summed E-state index contributed by atoms with van der Waals surface area (Å²) in [5, 5.41) is 9.64. The molecule has 0 fully saturated rings. The van der Waals surface area contributed by atoms with E-state index in [9.17, 15) is 22.7 Å². The Hall–Kier alpha value is -1.86. The van der Waals surface area contributed by atoms with Crippen LogP contribution in [0.15, 0.2) is 58.4 Å². The molecule has 0 aromatic carbocycles. The summed E-state index contributed by atoms with van der Waals surface area (Å²) in [6.07, 6.45) is 1.21. The first-order valence-corrected chi connectivity index (χ1v) is 7.95. The van der Waals surface area contributed by atoms with E-state index >= 15 is 0 Å². The van der Waals surface area contributed by atoms with Gasteiger partial charge in [-0.2, -0.15) is 0 Å². The van der Waals surface area contributed by atoms with Gasteiger partial charge in [-0.1, -0.05) is 19.1 Å². The first kappa shape index (κ1) is 17.9. The quantitative estimate of drug-likeness (QED) is 0.778. The van der Waals surface area contributed by atoms with E-state index in [1.165, 1.54) is 18.2 Å². The summed E-state index contributed by atoms with van der Waals surface area (Å²) in [5.74, 6) is -0.648. The van der Waals surface area contributed by atoms with Crippen molar-refractivity contribution in [2.24, 2.45) is 5.92 Å². The third kappa shape index (κ3) is 3.88. The van der Waals surface area contributed by atoms with Crippen LogP contribution in [0.3, 0.4) is 0 Å². The van der Waals surface area contributed by atoms with Crippen LogP contribution in [0, 0.1) is 5.92 Å². The molecule has 1 N–H and O–H groups in total. The Labute approximate surface area is 142 Å². The van der Waals surface area contributed by atoms with Crippen LogP contribution in [0.1, 0.15) is 13.3 Å². The minimum atomic E-state index is -4.79. The van der Waals surface area contributed by atoms with Crippen molar-refractivity contribution in [3.63, 3.8) is 0 Å². The molecular weight excluding hydrogens is 340 g/mol. The van der Waals surface area contributed by atoms with Gasteiger partial charge in [0.15, 0.2) is 0 Å². The average Bonchev–Trinajstić information content (AvgIpc) is 2.53. The molecule has 0 aromatic rings. The van der Waals surface area contributed by atoms with Crippen molar-refractivity contribution in [2.75, 3.05) is 13.2 Å². The molecule has 1 aliphatic heterocycles. The van der Waals surface area contributed by atoms with Crippen LogP contribution < -0.4 is 0 Å².